The number of aryl methyl sites for hydroxylation is 1. The second-order valence-corrected chi connectivity index (χ2v) is 9.85. The lowest BCUT2D eigenvalue weighted by Crippen LogP contribution is -2.32. The van der Waals surface area contributed by atoms with Crippen molar-refractivity contribution >= 4 is 44.6 Å². The molecule has 2 unspecified atom stereocenters. The fraction of sp³-hybridized carbons (Fsp3) is 0.318. The van der Waals surface area contributed by atoms with Gasteiger partial charge in [0.15, 0.2) is 0 Å². The van der Waals surface area contributed by atoms with Crippen molar-refractivity contribution in [3.8, 4) is 11.5 Å². The highest BCUT2D eigenvalue weighted by atomic mass is 33.1. The molecule has 1 heterocycles. The van der Waals surface area contributed by atoms with Crippen LogP contribution in [0, 0.1) is 0 Å². The number of imidazole rings is 1. The Kier molecular flexibility index (Phi) is 8.48. The molecule has 0 fully saturated rings. The molecule has 1 aromatic heterocycles. The molecule has 176 valence electrons. The van der Waals surface area contributed by atoms with E-state index in [4.69, 9.17) is 20.3 Å². The Morgan fingerprint density at radius 1 is 1.12 bits per heavy atom. The zero-order chi connectivity index (χ0) is 24.0. The molecule has 0 saturated heterocycles. The van der Waals surface area contributed by atoms with E-state index >= 15 is 0 Å². The Labute approximate surface area is 198 Å². The van der Waals surface area contributed by atoms with Gasteiger partial charge in [-0.2, -0.15) is 0 Å². The summed E-state index contributed by atoms with van der Waals surface area (Å²) in [6, 6.07) is 11.9. The number of hydrogen-bond acceptors (Lipinski definition) is 8. The van der Waals surface area contributed by atoms with Crippen molar-refractivity contribution in [2.24, 2.45) is 12.8 Å². The highest BCUT2D eigenvalue weighted by Crippen LogP contribution is 2.30. The first-order chi connectivity index (χ1) is 15.8. The molecule has 9 nitrogen and oxygen atoms in total. The van der Waals surface area contributed by atoms with E-state index in [1.54, 1.807) is 19.2 Å². The van der Waals surface area contributed by atoms with Gasteiger partial charge in [-0.1, -0.05) is 33.7 Å². The largest absolute Gasteiger partial charge is 0.497 e. The predicted molar refractivity (Wildman–Crippen MR) is 129 cm³/mol. The second kappa shape index (κ2) is 11.3. The number of aliphatic carboxylic acids is 2. The number of aromatic nitrogens is 2. The van der Waals surface area contributed by atoms with Crippen molar-refractivity contribution in [1.82, 2.24) is 9.55 Å². The molecule has 0 amide bonds. The molecule has 0 aliphatic rings. The van der Waals surface area contributed by atoms with Gasteiger partial charge >= 0.3 is 11.9 Å². The van der Waals surface area contributed by atoms with E-state index < -0.39 is 23.2 Å². The number of nitrogens with two attached hydrogens (primary N) is 1. The van der Waals surface area contributed by atoms with Crippen LogP contribution < -0.4 is 15.2 Å². The van der Waals surface area contributed by atoms with Crippen molar-refractivity contribution < 1.29 is 29.3 Å². The van der Waals surface area contributed by atoms with E-state index in [1.807, 2.05) is 41.9 Å². The molecule has 0 aliphatic heterocycles. The molecule has 0 radical (unpaired) electrons. The molecule has 33 heavy (non-hydrogen) atoms. The molecule has 4 N–H and O–H groups in total. The maximum absolute atomic E-state index is 11.6. The molecule has 0 aliphatic carbocycles. The van der Waals surface area contributed by atoms with Gasteiger partial charge in [0.05, 0.1) is 18.1 Å². The number of hydrogen-bond donors (Lipinski definition) is 3. The summed E-state index contributed by atoms with van der Waals surface area (Å²) in [5, 5.41) is 17.6. The molecule has 0 spiro atoms. The molecule has 0 saturated carbocycles. The first kappa shape index (κ1) is 24.7. The van der Waals surface area contributed by atoms with Crippen LogP contribution in [0.2, 0.25) is 0 Å². The van der Waals surface area contributed by atoms with Crippen LogP contribution in [-0.2, 0) is 29.7 Å². The Hall–Kier alpha value is -2.89. The smallest absolute Gasteiger partial charge is 0.321 e. The number of carboxylic acid groups (broad SMARTS) is 2. The van der Waals surface area contributed by atoms with Gasteiger partial charge in [0.1, 0.15) is 35.2 Å². The first-order valence-corrected chi connectivity index (χ1v) is 12.4. The zero-order valence-corrected chi connectivity index (χ0v) is 19.8. The highest BCUT2D eigenvalue weighted by Gasteiger charge is 2.21. The minimum atomic E-state index is -1.11. The summed E-state index contributed by atoms with van der Waals surface area (Å²) in [7, 11) is 5.80. The lowest BCUT2D eigenvalue weighted by molar-refractivity contribution is -0.138. The van der Waals surface area contributed by atoms with Crippen LogP contribution >= 0.6 is 21.6 Å². The van der Waals surface area contributed by atoms with E-state index in [0.717, 1.165) is 49.8 Å². The summed E-state index contributed by atoms with van der Waals surface area (Å²) in [6.45, 7) is 0.279. The van der Waals surface area contributed by atoms with E-state index in [0.29, 0.717) is 12.2 Å². The number of methoxy groups -OCH3 is 1. The SMILES string of the molecule is COc1ccc2nc(COc3ccc(CC(SSCC(N)C(=O)O)C(=O)O)cc3)n(C)c2c1. The fourth-order valence-corrected chi connectivity index (χ4v) is 5.48. The van der Waals surface area contributed by atoms with Gasteiger partial charge in [-0.3, -0.25) is 9.59 Å². The van der Waals surface area contributed by atoms with Gasteiger partial charge in [0.25, 0.3) is 0 Å². The molecule has 3 rings (SSSR count). The number of rotatable bonds is 12. The molecule has 11 heteroatoms. The van der Waals surface area contributed by atoms with Crippen LogP contribution in [0.25, 0.3) is 11.0 Å². The van der Waals surface area contributed by atoms with Gasteiger partial charge in [0, 0.05) is 18.9 Å². The van der Waals surface area contributed by atoms with Crippen molar-refractivity contribution in [2.75, 3.05) is 12.9 Å². The van der Waals surface area contributed by atoms with Gasteiger partial charge in [0.2, 0.25) is 0 Å². The van der Waals surface area contributed by atoms with Crippen molar-refractivity contribution in [2.45, 2.75) is 24.3 Å². The van der Waals surface area contributed by atoms with Crippen LogP contribution in [0.4, 0.5) is 0 Å². The summed E-state index contributed by atoms with van der Waals surface area (Å²) >= 11 is 0. The molecule has 2 aromatic carbocycles. The van der Waals surface area contributed by atoms with Gasteiger partial charge in [-0.25, -0.2) is 4.98 Å². The Morgan fingerprint density at radius 2 is 1.82 bits per heavy atom. The summed E-state index contributed by atoms with van der Waals surface area (Å²) < 4.78 is 13.1. The maximum atomic E-state index is 11.6. The third kappa shape index (κ3) is 6.56. The molecule has 2 atom stereocenters. The topological polar surface area (TPSA) is 137 Å². The molecular formula is C22H25N3O6S2. The average Bonchev–Trinajstić information content (AvgIpc) is 3.12. The maximum Gasteiger partial charge on any atom is 0.321 e. The van der Waals surface area contributed by atoms with Crippen LogP contribution in [0.5, 0.6) is 11.5 Å². The lowest BCUT2D eigenvalue weighted by Gasteiger charge is -2.13. The number of nitrogens with zero attached hydrogens (tertiary/aromatic N) is 2. The molecule has 0 bridgehead atoms. The van der Waals surface area contributed by atoms with Gasteiger partial charge in [-0.15, -0.1) is 0 Å². The number of carboxylic acids is 2. The number of carbonyl (C=O) groups is 2. The second-order valence-electron chi connectivity index (χ2n) is 7.23. The standard InChI is InChI=1S/C22H25N3O6S2/c1-25-18-10-15(30-2)7-8-17(18)24-20(25)11-31-14-5-3-13(4-6-14)9-19(22(28)29)33-32-12-16(23)21(26)27/h3-8,10,16,19H,9,11-12,23H2,1-2H3,(H,26,27)(H,28,29). The van der Waals surface area contributed by atoms with E-state index in [9.17, 15) is 14.7 Å². The normalized spacial score (nSPS) is 12.9. The quantitative estimate of drug-likeness (QED) is 0.324. The molecular weight excluding hydrogens is 466 g/mol. The van der Waals surface area contributed by atoms with E-state index in [-0.39, 0.29) is 12.4 Å². The Balaban J connectivity index is 1.57. The number of fused-ring (bicyclic) bond motifs is 1. The summed E-state index contributed by atoms with van der Waals surface area (Å²) in [6.07, 6.45) is 0.294. The minimum Gasteiger partial charge on any atom is -0.497 e. The number of benzene rings is 2. The fourth-order valence-electron chi connectivity index (χ4n) is 2.99. The summed E-state index contributed by atoms with van der Waals surface area (Å²) in [5.74, 6) is 0.227. The van der Waals surface area contributed by atoms with Crippen molar-refractivity contribution in [3.05, 3.63) is 53.9 Å². The Bertz CT molecular complexity index is 1120. The van der Waals surface area contributed by atoms with E-state index in [1.165, 1.54) is 0 Å². The minimum absolute atomic E-state index is 0.130. The third-order valence-electron chi connectivity index (χ3n) is 4.92. The number of ether oxygens (including phenoxy) is 2. The summed E-state index contributed by atoms with van der Waals surface area (Å²) in [5.41, 5.74) is 8.09. The first-order valence-electron chi connectivity index (χ1n) is 9.99. The highest BCUT2D eigenvalue weighted by molar-refractivity contribution is 8.77. The van der Waals surface area contributed by atoms with Gasteiger partial charge < -0.3 is 30.0 Å². The zero-order valence-electron chi connectivity index (χ0n) is 18.1. The van der Waals surface area contributed by atoms with Gasteiger partial charge in [-0.05, 0) is 36.2 Å². The third-order valence-corrected chi connectivity index (χ3v) is 7.66. The molecule has 3 aromatic rings. The average molecular weight is 492 g/mol. The lowest BCUT2D eigenvalue weighted by atomic mass is 10.1. The van der Waals surface area contributed by atoms with Crippen LogP contribution in [0.3, 0.4) is 0 Å². The monoisotopic (exact) mass is 491 g/mol. The Morgan fingerprint density at radius 3 is 2.45 bits per heavy atom. The van der Waals surface area contributed by atoms with Crippen molar-refractivity contribution in [1.29, 1.82) is 0 Å². The van der Waals surface area contributed by atoms with Crippen molar-refractivity contribution in [3.63, 3.8) is 0 Å². The van der Waals surface area contributed by atoms with E-state index in [2.05, 4.69) is 4.98 Å². The van der Waals surface area contributed by atoms with Crippen LogP contribution in [0.1, 0.15) is 11.4 Å². The van der Waals surface area contributed by atoms with Crippen LogP contribution in [0.15, 0.2) is 42.5 Å². The predicted octanol–water partition coefficient (Wildman–Crippen LogP) is 2.95. The van der Waals surface area contributed by atoms with Crippen LogP contribution in [-0.4, -0.2) is 55.9 Å². The summed E-state index contributed by atoms with van der Waals surface area (Å²) in [4.78, 5) is 26.9.